The van der Waals surface area contributed by atoms with Crippen molar-refractivity contribution in [1.82, 2.24) is 30.9 Å². The Labute approximate surface area is 256 Å². The lowest BCUT2D eigenvalue weighted by Crippen LogP contribution is -2.58. The van der Waals surface area contributed by atoms with Gasteiger partial charge in [-0.15, -0.1) is 0 Å². The Morgan fingerprint density at radius 1 is 0.822 bits per heavy atom. The minimum Gasteiger partial charge on any atom is -0.508 e. The van der Waals surface area contributed by atoms with Crippen LogP contribution in [0.5, 0.6) is 5.75 Å². The number of hydrogen-bond acceptors (Lipinski definition) is 8. The van der Waals surface area contributed by atoms with Crippen molar-refractivity contribution in [2.75, 3.05) is 0 Å². The standard InChI is InChI=1S/C30H34N8O7/c31-21(11-18-14-33-15-35-18)27(41)36-24(12-26(32)40)29(43)37-23(9-16-5-7-19(39)8-6-16)28(42)38-25(30(44)45)10-17-13-34-22-4-2-1-3-20(17)22/h1-8,13-15,21,23-25,34,39H,9-12,31H2,(H2,32,40)(H,33,35)(H,36,41)(H,37,43)(H,38,42)(H,44,45). The molecule has 0 saturated carbocycles. The van der Waals surface area contributed by atoms with Gasteiger partial charge in [0.25, 0.3) is 0 Å². The Balaban J connectivity index is 1.52. The number of aromatic amines is 2. The molecule has 4 unspecified atom stereocenters. The average Bonchev–Trinajstić information content (AvgIpc) is 3.67. The third kappa shape index (κ3) is 8.90. The van der Waals surface area contributed by atoms with Crippen molar-refractivity contribution in [3.8, 4) is 5.75 Å². The molecular weight excluding hydrogens is 584 g/mol. The SMILES string of the molecule is NC(=O)CC(NC(=O)C(N)Cc1cnc[nH]1)C(=O)NC(Cc1ccc(O)cc1)C(=O)NC(Cc1c[nH]c2ccccc12)C(=O)O. The molecule has 4 aromatic rings. The first-order valence-electron chi connectivity index (χ1n) is 14.0. The highest BCUT2D eigenvalue weighted by Crippen LogP contribution is 2.19. The van der Waals surface area contributed by atoms with Crippen molar-refractivity contribution >= 4 is 40.5 Å². The summed E-state index contributed by atoms with van der Waals surface area (Å²) in [6, 6.07) is 7.82. The minimum atomic E-state index is -1.49. The van der Waals surface area contributed by atoms with E-state index >= 15 is 0 Å². The number of aromatic nitrogens is 3. The highest BCUT2D eigenvalue weighted by atomic mass is 16.4. The molecule has 0 spiro atoms. The van der Waals surface area contributed by atoms with E-state index < -0.39 is 60.2 Å². The summed E-state index contributed by atoms with van der Waals surface area (Å²) < 4.78 is 0. The summed E-state index contributed by atoms with van der Waals surface area (Å²) in [5, 5.41) is 27.8. The third-order valence-electron chi connectivity index (χ3n) is 7.09. The largest absolute Gasteiger partial charge is 0.508 e. The number of imidazole rings is 1. The van der Waals surface area contributed by atoms with E-state index in [0.717, 1.165) is 10.9 Å². The van der Waals surface area contributed by atoms with Gasteiger partial charge in [-0.25, -0.2) is 9.78 Å². The number of carboxylic acids is 1. The van der Waals surface area contributed by atoms with E-state index in [4.69, 9.17) is 11.5 Å². The maximum Gasteiger partial charge on any atom is 0.326 e. The summed E-state index contributed by atoms with van der Waals surface area (Å²) in [6.07, 6.45) is 3.86. The monoisotopic (exact) mass is 618 g/mol. The molecule has 0 fully saturated rings. The van der Waals surface area contributed by atoms with Crippen molar-refractivity contribution in [3.05, 3.63) is 84.1 Å². The minimum absolute atomic E-state index is 0.0239. The maximum atomic E-state index is 13.6. The fourth-order valence-corrected chi connectivity index (χ4v) is 4.76. The summed E-state index contributed by atoms with van der Waals surface area (Å²) >= 11 is 0. The first kappa shape index (κ1) is 32.2. The molecule has 15 heteroatoms. The van der Waals surface area contributed by atoms with Crippen molar-refractivity contribution in [2.24, 2.45) is 11.5 Å². The number of carbonyl (C=O) groups excluding carboxylic acids is 4. The molecule has 4 amide bonds. The number of aliphatic carboxylic acids is 1. The maximum absolute atomic E-state index is 13.6. The van der Waals surface area contributed by atoms with Gasteiger partial charge >= 0.3 is 5.97 Å². The second-order valence-corrected chi connectivity index (χ2v) is 10.5. The summed E-state index contributed by atoms with van der Waals surface area (Å²) in [6.45, 7) is 0. The van der Waals surface area contributed by atoms with Gasteiger partial charge in [-0.2, -0.15) is 0 Å². The smallest absolute Gasteiger partial charge is 0.326 e. The number of fused-ring (bicyclic) bond motifs is 1. The molecule has 15 nitrogen and oxygen atoms in total. The Bertz CT molecular complexity index is 1650. The number of nitrogens with zero attached hydrogens (tertiary/aromatic N) is 1. The molecule has 4 rings (SSSR count). The molecule has 0 radical (unpaired) electrons. The van der Waals surface area contributed by atoms with Crippen molar-refractivity contribution in [2.45, 2.75) is 49.9 Å². The number of carboxylic acid groups (broad SMARTS) is 1. The first-order chi connectivity index (χ1) is 21.5. The van der Waals surface area contributed by atoms with Crippen LogP contribution >= 0.6 is 0 Å². The number of primary amides is 1. The fraction of sp³-hybridized carbons (Fsp3) is 0.267. The van der Waals surface area contributed by atoms with E-state index in [9.17, 15) is 34.2 Å². The highest BCUT2D eigenvalue weighted by Gasteiger charge is 2.32. The molecule has 2 heterocycles. The van der Waals surface area contributed by atoms with Crippen LogP contribution in [0.1, 0.15) is 23.2 Å². The molecule has 0 saturated heterocycles. The van der Waals surface area contributed by atoms with Gasteiger partial charge in [-0.05, 0) is 29.3 Å². The quantitative estimate of drug-likeness (QED) is 0.0820. The Kier molecular flexibility index (Phi) is 10.5. The zero-order valence-corrected chi connectivity index (χ0v) is 24.0. The summed E-state index contributed by atoms with van der Waals surface area (Å²) in [5.74, 6) is -4.73. The van der Waals surface area contributed by atoms with Gasteiger partial charge < -0.3 is 47.6 Å². The number of phenols is 1. The number of H-pyrrole nitrogens is 2. The molecule has 2 aromatic carbocycles. The van der Waals surface area contributed by atoms with Crippen LogP contribution < -0.4 is 27.4 Å². The van der Waals surface area contributed by atoms with E-state index in [1.165, 1.54) is 36.8 Å². The number of phenolic OH excluding ortho intramolecular Hbond substituents is 1. The van der Waals surface area contributed by atoms with Crippen molar-refractivity contribution in [3.63, 3.8) is 0 Å². The number of carbonyl (C=O) groups is 5. The summed E-state index contributed by atoms with van der Waals surface area (Å²) in [7, 11) is 0. The third-order valence-corrected chi connectivity index (χ3v) is 7.09. The van der Waals surface area contributed by atoms with E-state index in [0.29, 0.717) is 16.8 Å². The second-order valence-electron chi connectivity index (χ2n) is 10.5. The lowest BCUT2D eigenvalue weighted by atomic mass is 10.0. The van der Waals surface area contributed by atoms with Crippen LogP contribution in [0.3, 0.4) is 0 Å². The first-order valence-corrected chi connectivity index (χ1v) is 14.0. The molecule has 236 valence electrons. The Morgan fingerprint density at radius 2 is 1.49 bits per heavy atom. The van der Waals surface area contributed by atoms with Crippen LogP contribution in [-0.4, -0.2) is 78.9 Å². The Hall–Kier alpha value is -5.70. The number of aromatic hydroxyl groups is 1. The molecule has 0 aliphatic heterocycles. The van der Waals surface area contributed by atoms with Crippen LogP contribution in [0, 0.1) is 0 Å². The topological polar surface area (TPSA) is 258 Å². The van der Waals surface area contributed by atoms with Crippen LogP contribution in [-0.2, 0) is 43.2 Å². The fourth-order valence-electron chi connectivity index (χ4n) is 4.76. The van der Waals surface area contributed by atoms with E-state index in [1.54, 1.807) is 6.20 Å². The van der Waals surface area contributed by atoms with Gasteiger partial charge in [0.1, 0.15) is 23.9 Å². The second kappa shape index (κ2) is 14.7. The predicted octanol–water partition coefficient (Wildman–Crippen LogP) is -0.634. The molecule has 45 heavy (non-hydrogen) atoms. The van der Waals surface area contributed by atoms with Gasteiger partial charge in [0, 0.05) is 48.3 Å². The zero-order valence-electron chi connectivity index (χ0n) is 24.0. The predicted molar refractivity (Wildman–Crippen MR) is 161 cm³/mol. The van der Waals surface area contributed by atoms with E-state index in [1.807, 2.05) is 24.3 Å². The lowest BCUT2D eigenvalue weighted by molar-refractivity contribution is -0.142. The zero-order chi connectivity index (χ0) is 32.5. The average molecular weight is 619 g/mol. The molecule has 11 N–H and O–H groups in total. The van der Waals surface area contributed by atoms with Crippen LogP contribution in [0.2, 0.25) is 0 Å². The van der Waals surface area contributed by atoms with Crippen molar-refractivity contribution < 1.29 is 34.2 Å². The molecule has 0 aliphatic rings. The number of rotatable bonds is 15. The molecule has 2 aromatic heterocycles. The normalized spacial score (nSPS) is 13.7. The van der Waals surface area contributed by atoms with Crippen LogP contribution in [0.25, 0.3) is 10.9 Å². The van der Waals surface area contributed by atoms with Gasteiger partial charge in [0.15, 0.2) is 0 Å². The highest BCUT2D eigenvalue weighted by molar-refractivity contribution is 5.96. The molecule has 4 atom stereocenters. The molecular formula is C30H34N8O7. The van der Waals surface area contributed by atoms with Gasteiger partial charge in [0.05, 0.1) is 18.8 Å². The number of nitrogens with two attached hydrogens (primary N) is 2. The van der Waals surface area contributed by atoms with Crippen LogP contribution in [0.15, 0.2) is 67.3 Å². The van der Waals surface area contributed by atoms with E-state index in [-0.39, 0.29) is 25.0 Å². The number of hydrogen-bond donors (Lipinski definition) is 9. The molecule has 0 aliphatic carbocycles. The number of nitrogens with one attached hydrogen (secondary N) is 5. The van der Waals surface area contributed by atoms with Gasteiger partial charge in [0.2, 0.25) is 23.6 Å². The van der Waals surface area contributed by atoms with Crippen LogP contribution in [0.4, 0.5) is 0 Å². The molecule has 0 bridgehead atoms. The summed E-state index contributed by atoms with van der Waals surface area (Å²) in [5.41, 5.74) is 13.9. The van der Waals surface area contributed by atoms with Crippen molar-refractivity contribution in [1.29, 1.82) is 0 Å². The summed E-state index contributed by atoms with van der Waals surface area (Å²) in [4.78, 5) is 73.5. The van der Waals surface area contributed by atoms with Gasteiger partial charge in [-0.3, -0.25) is 19.2 Å². The Morgan fingerprint density at radius 3 is 2.16 bits per heavy atom. The van der Waals surface area contributed by atoms with E-state index in [2.05, 4.69) is 30.9 Å². The number of amides is 4. The number of para-hydroxylation sites is 1. The van der Waals surface area contributed by atoms with Gasteiger partial charge in [-0.1, -0.05) is 30.3 Å². The lowest BCUT2D eigenvalue weighted by Gasteiger charge is -2.25. The number of benzene rings is 2.